The van der Waals surface area contributed by atoms with E-state index in [1.54, 1.807) is 0 Å². The van der Waals surface area contributed by atoms with Crippen LogP contribution in [0.1, 0.15) is 25.1 Å². The number of carbonyl (C=O) groups is 1. The first-order valence-corrected chi connectivity index (χ1v) is 8.17. The van der Waals surface area contributed by atoms with Gasteiger partial charge < -0.3 is 20.2 Å². The summed E-state index contributed by atoms with van der Waals surface area (Å²) >= 11 is 0. The molecule has 7 nitrogen and oxygen atoms in total. The Hall–Kier alpha value is -1.89. The van der Waals surface area contributed by atoms with E-state index in [0.29, 0.717) is 12.8 Å². The average Bonchev–Trinajstić information content (AvgIpc) is 2.51. The molecule has 0 radical (unpaired) electrons. The molecule has 0 spiro atoms. The van der Waals surface area contributed by atoms with Crippen LogP contribution in [0, 0.1) is 12.8 Å². The van der Waals surface area contributed by atoms with Crippen LogP contribution in [0.3, 0.4) is 0 Å². The van der Waals surface area contributed by atoms with E-state index in [0.717, 1.165) is 50.1 Å². The van der Waals surface area contributed by atoms with Crippen molar-refractivity contribution in [2.75, 3.05) is 50.5 Å². The van der Waals surface area contributed by atoms with E-state index in [9.17, 15) is 4.79 Å². The normalized spacial score (nSPS) is 15.9. The maximum absolute atomic E-state index is 11.0. The van der Waals surface area contributed by atoms with Gasteiger partial charge in [0.05, 0.1) is 5.92 Å². The molecule has 0 unspecified atom stereocenters. The predicted octanol–water partition coefficient (Wildman–Crippen LogP) is 1.45. The standard InChI is InChI=1S/C16H27N5O2/c1-12-18-14(17-7-4-8-20(2)3)11-15(19-12)21-9-5-13(6-10-21)16(22)23/h11,13H,4-10H2,1-3H3,(H,22,23)(H,17,18,19). The quantitative estimate of drug-likeness (QED) is 0.736. The van der Waals surface area contributed by atoms with Crippen molar-refractivity contribution in [2.24, 2.45) is 5.92 Å². The van der Waals surface area contributed by atoms with Crippen molar-refractivity contribution in [1.82, 2.24) is 14.9 Å². The number of hydrogen-bond acceptors (Lipinski definition) is 6. The Balaban J connectivity index is 1.93. The lowest BCUT2D eigenvalue weighted by Crippen LogP contribution is -2.37. The molecule has 0 amide bonds. The van der Waals surface area contributed by atoms with Gasteiger partial charge in [-0.1, -0.05) is 0 Å². The van der Waals surface area contributed by atoms with Gasteiger partial charge in [-0.2, -0.15) is 0 Å². The highest BCUT2D eigenvalue weighted by Gasteiger charge is 2.25. The Labute approximate surface area is 137 Å². The zero-order valence-corrected chi connectivity index (χ0v) is 14.2. The Morgan fingerprint density at radius 1 is 1.39 bits per heavy atom. The van der Waals surface area contributed by atoms with Crippen LogP contribution in [0.5, 0.6) is 0 Å². The van der Waals surface area contributed by atoms with E-state index in [1.807, 2.05) is 13.0 Å². The molecule has 1 aliphatic rings. The zero-order chi connectivity index (χ0) is 16.8. The van der Waals surface area contributed by atoms with Crippen molar-refractivity contribution >= 4 is 17.6 Å². The molecule has 128 valence electrons. The van der Waals surface area contributed by atoms with E-state index >= 15 is 0 Å². The summed E-state index contributed by atoms with van der Waals surface area (Å²) in [6.07, 6.45) is 2.39. The minimum Gasteiger partial charge on any atom is -0.481 e. The zero-order valence-electron chi connectivity index (χ0n) is 14.2. The molecule has 1 fully saturated rings. The maximum atomic E-state index is 11.0. The first-order valence-electron chi connectivity index (χ1n) is 8.17. The van der Waals surface area contributed by atoms with Gasteiger partial charge in [0.25, 0.3) is 0 Å². The Bertz CT molecular complexity index is 527. The molecular weight excluding hydrogens is 294 g/mol. The minimum absolute atomic E-state index is 0.224. The first-order chi connectivity index (χ1) is 11.0. The number of piperidine rings is 1. The van der Waals surface area contributed by atoms with Gasteiger partial charge in [0, 0.05) is 25.7 Å². The molecule has 0 aromatic carbocycles. The molecular formula is C16H27N5O2. The van der Waals surface area contributed by atoms with E-state index in [-0.39, 0.29) is 5.92 Å². The number of aromatic nitrogens is 2. The van der Waals surface area contributed by atoms with Crippen molar-refractivity contribution in [3.05, 3.63) is 11.9 Å². The van der Waals surface area contributed by atoms with E-state index in [1.165, 1.54) is 0 Å². The molecule has 1 aliphatic heterocycles. The number of nitrogens with zero attached hydrogens (tertiary/aromatic N) is 4. The van der Waals surface area contributed by atoms with Crippen LogP contribution in [0.4, 0.5) is 11.6 Å². The number of rotatable bonds is 7. The largest absolute Gasteiger partial charge is 0.481 e. The number of aliphatic carboxylic acids is 1. The van der Waals surface area contributed by atoms with E-state index in [2.05, 4.69) is 39.2 Å². The Morgan fingerprint density at radius 2 is 2.09 bits per heavy atom. The summed E-state index contributed by atoms with van der Waals surface area (Å²) in [6, 6.07) is 1.96. The smallest absolute Gasteiger partial charge is 0.306 e. The van der Waals surface area contributed by atoms with Crippen molar-refractivity contribution in [1.29, 1.82) is 0 Å². The summed E-state index contributed by atoms with van der Waals surface area (Å²) in [6.45, 7) is 5.25. The third-order valence-electron chi connectivity index (χ3n) is 4.08. The van der Waals surface area contributed by atoms with E-state index in [4.69, 9.17) is 5.11 Å². The van der Waals surface area contributed by atoms with Gasteiger partial charge in [-0.05, 0) is 46.8 Å². The van der Waals surface area contributed by atoms with Crippen LogP contribution < -0.4 is 10.2 Å². The summed E-state index contributed by atoms with van der Waals surface area (Å²) < 4.78 is 0. The molecule has 2 heterocycles. The second kappa shape index (κ2) is 8.10. The summed E-state index contributed by atoms with van der Waals surface area (Å²) in [7, 11) is 4.13. The molecule has 0 atom stereocenters. The Morgan fingerprint density at radius 3 is 2.70 bits per heavy atom. The minimum atomic E-state index is -0.688. The maximum Gasteiger partial charge on any atom is 0.306 e. The van der Waals surface area contributed by atoms with Gasteiger partial charge >= 0.3 is 5.97 Å². The highest BCUT2D eigenvalue weighted by molar-refractivity contribution is 5.70. The molecule has 2 rings (SSSR count). The van der Waals surface area contributed by atoms with Crippen molar-refractivity contribution < 1.29 is 9.90 Å². The number of aryl methyl sites for hydroxylation is 1. The van der Waals surface area contributed by atoms with Crippen molar-refractivity contribution in [3.8, 4) is 0 Å². The number of nitrogens with one attached hydrogen (secondary N) is 1. The van der Waals surface area contributed by atoms with Crippen LogP contribution in [0.15, 0.2) is 6.07 Å². The van der Waals surface area contributed by atoms with Crippen LogP contribution in [-0.4, -0.2) is 66.2 Å². The van der Waals surface area contributed by atoms with Crippen molar-refractivity contribution in [2.45, 2.75) is 26.2 Å². The molecule has 1 aromatic rings. The number of hydrogen-bond donors (Lipinski definition) is 2. The van der Waals surface area contributed by atoms with Crippen LogP contribution >= 0.6 is 0 Å². The molecule has 0 bridgehead atoms. The summed E-state index contributed by atoms with van der Waals surface area (Å²) in [5.41, 5.74) is 0. The van der Waals surface area contributed by atoms with Crippen LogP contribution in [-0.2, 0) is 4.79 Å². The molecule has 1 saturated heterocycles. The third kappa shape index (κ3) is 5.35. The number of carboxylic acids is 1. The second-order valence-electron chi connectivity index (χ2n) is 6.34. The Kier molecular flexibility index (Phi) is 6.15. The highest BCUT2D eigenvalue weighted by Crippen LogP contribution is 2.23. The molecule has 23 heavy (non-hydrogen) atoms. The fourth-order valence-corrected chi connectivity index (χ4v) is 2.77. The monoisotopic (exact) mass is 321 g/mol. The van der Waals surface area contributed by atoms with Crippen LogP contribution in [0.25, 0.3) is 0 Å². The number of anilines is 2. The van der Waals surface area contributed by atoms with E-state index < -0.39 is 5.97 Å². The lowest BCUT2D eigenvalue weighted by atomic mass is 9.97. The van der Waals surface area contributed by atoms with Gasteiger partial charge in [-0.25, -0.2) is 9.97 Å². The van der Waals surface area contributed by atoms with Gasteiger partial charge in [0.1, 0.15) is 17.5 Å². The first kappa shape index (κ1) is 17.5. The van der Waals surface area contributed by atoms with Gasteiger partial charge in [0.15, 0.2) is 0 Å². The highest BCUT2D eigenvalue weighted by atomic mass is 16.4. The fourth-order valence-electron chi connectivity index (χ4n) is 2.77. The van der Waals surface area contributed by atoms with Crippen LogP contribution in [0.2, 0.25) is 0 Å². The SMILES string of the molecule is Cc1nc(NCCCN(C)C)cc(N2CCC(C(=O)O)CC2)n1. The third-order valence-corrected chi connectivity index (χ3v) is 4.08. The summed E-state index contributed by atoms with van der Waals surface area (Å²) in [5, 5.41) is 12.4. The van der Waals surface area contributed by atoms with Crippen molar-refractivity contribution in [3.63, 3.8) is 0 Å². The van der Waals surface area contributed by atoms with Gasteiger partial charge in [0.2, 0.25) is 0 Å². The molecule has 2 N–H and O–H groups in total. The second-order valence-corrected chi connectivity index (χ2v) is 6.34. The topological polar surface area (TPSA) is 81.6 Å². The summed E-state index contributed by atoms with van der Waals surface area (Å²) in [4.78, 5) is 24.3. The fraction of sp³-hybridized carbons (Fsp3) is 0.688. The lowest BCUT2D eigenvalue weighted by molar-refractivity contribution is -0.142. The molecule has 0 aliphatic carbocycles. The lowest BCUT2D eigenvalue weighted by Gasteiger charge is -2.31. The molecule has 1 aromatic heterocycles. The summed E-state index contributed by atoms with van der Waals surface area (Å²) in [5.74, 6) is 1.55. The van der Waals surface area contributed by atoms with Gasteiger partial charge in [-0.15, -0.1) is 0 Å². The van der Waals surface area contributed by atoms with Gasteiger partial charge in [-0.3, -0.25) is 4.79 Å². The molecule has 0 saturated carbocycles. The predicted molar refractivity (Wildman–Crippen MR) is 91.0 cm³/mol. The average molecular weight is 321 g/mol. The molecule has 7 heteroatoms. The number of carboxylic acid groups (broad SMARTS) is 1.